The Labute approximate surface area is 185 Å². The van der Waals surface area contributed by atoms with Gasteiger partial charge in [-0.25, -0.2) is 4.99 Å². The summed E-state index contributed by atoms with van der Waals surface area (Å²) in [5.41, 5.74) is 0. The van der Waals surface area contributed by atoms with Crippen molar-refractivity contribution in [1.29, 1.82) is 0 Å². The highest BCUT2D eigenvalue weighted by Gasteiger charge is 2.24. The lowest BCUT2D eigenvalue weighted by Gasteiger charge is -2.36. The van der Waals surface area contributed by atoms with Crippen LogP contribution in [0.2, 0.25) is 0 Å². The molecule has 0 spiro atoms. The minimum absolute atomic E-state index is 0.270. The van der Waals surface area contributed by atoms with Crippen LogP contribution in [-0.4, -0.2) is 107 Å². The average Bonchev–Trinajstić information content (AvgIpc) is 3.42. The van der Waals surface area contributed by atoms with Gasteiger partial charge >= 0.3 is 0 Å². The van der Waals surface area contributed by atoms with Crippen molar-refractivity contribution < 1.29 is 9.53 Å². The first-order chi connectivity index (χ1) is 15.1. The minimum atomic E-state index is 0.270. The zero-order chi connectivity index (χ0) is 22.1. The third-order valence-corrected chi connectivity index (χ3v) is 6.00. The molecular weight excluding hydrogens is 396 g/mol. The first-order valence-corrected chi connectivity index (χ1v) is 11.5. The summed E-state index contributed by atoms with van der Waals surface area (Å²) in [6.45, 7) is 12.5. The topological polar surface area (TPSA) is 91.1 Å². The van der Waals surface area contributed by atoms with Crippen LogP contribution in [0, 0.1) is 6.92 Å². The van der Waals surface area contributed by atoms with Crippen LogP contribution in [0.5, 0.6) is 0 Å². The van der Waals surface area contributed by atoms with E-state index in [1.807, 2.05) is 30.4 Å². The summed E-state index contributed by atoms with van der Waals surface area (Å²) in [4.78, 5) is 23.8. The largest absolute Gasteiger partial charge is 0.382 e. The molecule has 0 aliphatic carbocycles. The van der Waals surface area contributed by atoms with Crippen LogP contribution >= 0.6 is 0 Å². The lowest BCUT2D eigenvalue weighted by Crippen LogP contribution is -2.54. The summed E-state index contributed by atoms with van der Waals surface area (Å²) in [5.74, 6) is 2.89. The van der Waals surface area contributed by atoms with Gasteiger partial charge in [0.1, 0.15) is 12.4 Å². The Hall–Kier alpha value is -2.20. The molecule has 1 aromatic heterocycles. The molecule has 3 heterocycles. The molecule has 2 aliphatic heterocycles. The van der Waals surface area contributed by atoms with Crippen LogP contribution < -0.4 is 5.32 Å². The van der Waals surface area contributed by atoms with E-state index in [1.54, 1.807) is 0 Å². The number of nitrogens with zero attached hydrogens (tertiary/aromatic N) is 7. The van der Waals surface area contributed by atoms with E-state index in [0.29, 0.717) is 13.1 Å². The van der Waals surface area contributed by atoms with Crippen molar-refractivity contribution in [3.05, 3.63) is 11.6 Å². The molecule has 2 fully saturated rings. The third kappa shape index (κ3) is 6.90. The number of amides is 1. The molecular formula is C21H38N8O2. The smallest absolute Gasteiger partial charge is 0.236 e. The van der Waals surface area contributed by atoms with Gasteiger partial charge in [0.25, 0.3) is 0 Å². The third-order valence-electron chi connectivity index (χ3n) is 6.00. The number of nitrogens with one attached hydrogen (secondary N) is 1. The Balaban J connectivity index is 1.53. The van der Waals surface area contributed by atoms with Gasteiger partial charge in [0.05, 0.1) is 6.54 Å². The standard InChI is InChI=1S/C21H38N8O2/c1-4-31-15-7-8-22-21(23-16-19-25-24-18(2)26(19)3)29-13-11-27(12-14-29)17-20(30)28-9-5-6-10-28/h4-17H2,1-3H3,(H,22,23). The number of hydrogen-bond donors (Lipinski definition) is 1. The minimum Gasteiger partial charge on any atom is -0.382 e. The molecule has 1 amide bonds. The van der Waals surface area contributed by atoms with Crippen LogP contribution in [0.4, 0.5) is 0 Å². The van der Waals surface area contributed by atoms with Crippen molar-refractivity contribution in [3.8, 4) is 0 Å². The number of carbonyl (C=O) groups is 1. The Bertz CT molecular complexity index is 721. The van der Waals surface area contributed by atoms with Gasteiger partial charge in [-0.2, -0.15) is 0 Å². The maximum absolute atomic E-state index is 12.5. The molecule has 1 aromatic rings. The van der Waals surface area contributed by atoms with Crippen molar-refractivity contribution in [2.45, 2.75) is 39.7 Å². The number of aryl methyl sites for hydroxylation is 1. The fourth-order valence-electron chi connectivity index (χ4n) is 3.90. The fraction of sp³-hybridized carbons (Fsp3) is 0.810. The second-order valence-corrected chi connectivity index (χ2v) is 8.19. The van der Waals surface area contributed by atoms with Gasteiger partial charge in [0, 0.05) is 66.1 Å². The van der Waals surface area contributed by atoms with Gasteiger partial charge in [-0.3, -0.25) is 9.69 Å². The maximum atomic E-state index is 12.5. The quantitative estimate of drug-likeness (QED) is 0.338. The molecule has 1 N–H and O–H groups in total. The highest BCUT2D eigenvalue weighted by atomic mass is 16.5. The molecule has 0 aromatic carbocycles. The van der Waals surface area contributed by atoms with E-state index in [4.69, 9.17) is 9.73 Å². The molecule has 0 atom stereocenters. The number of carbonyl (C=O) groups excluding carboxylic acids is 1. The van der Waals surface area contributed by atoms with Gasteiger partial charge in [-0.05, 0) is 33.1 Å². The number of likely N-dealkylation sites (tertiary alicyclic amines) is 1. The molecule has 174 valence electrons. The zero-order valence-electron chi connectivity index (χ0n) is 19.3. The Morgan fingerprint density at radius 1 is 1.10 bits per heavy atom. The second-order valence-electron chi connectivity index (χ2n) is 8.19. The van der Waals surface area contributed by atoms with E-state index in [-0.39, 0.29) is 5.91 Å². The first-order valence-electron chi connectivity index (χ1n) is 11.5. The molecule has 0 unspecified atom stereocenters. The Morgan fingerprint density at radius 3 is 2.48 bits per heavy atom. The molecule has 3 rings (SSSR count). The van der Waals surface area contributed by atoms with Crippen LogP contribution in [-0.2, 0) is 23.1 Å². The van der Waals surface area contributed by atoms with E-state index in [1.165, 1.54) is 0 Å². The number of aliphatic imine (C=N–C) groups is 1. The first kappa shape index (κ1) is 23.5. The highest BCUT2D eigenvalue weighted by Crippen LogP contribution is 2.10. The molecule has 0 radical (unpaired) electrons. The fourth-order valence-corrected chi connectivity index (χ4v) is 3.90. The number of rotatable bonds is 9. The van der Waals surface area contributed by atoms with Gasteiger partial charge in [-0.1, -0.05) is 0 Å². The number of piperazine rings is 1. The number of aromatic nitrogens is 3. The summed E-state index contributed by atoms with van der Waals surface area (Å²) in [6.07, 6.45) is 3.21. The predicted molar refractivity (Wildman–Crippen MR) is 120 cm³/mol. The van der Waals surface area contributed by atoms with Crippen LogP contribution in [0.3, 0.4) is 0 Å². The summed E-state index contributed by atoms with van der Waals surface area (Å²) < 4.78 is 7.41. The van der Waals surface area contributed by atoms with E-state index >= 15 is 0 Å². The van der Waals surface area contributed by atoms with Gasteiger partial charge in [0.2, 0.25) is 5.91 Å². The van der Waals surface area contributed by atoms with E-state index in [2.05, 4.69) is 25.3 Å². The molecule has 10 nitrogen and oxygen atoms in total. The highest BCUT2D eigenvalue weighted by molar-refractivity contribution is 5.80. The molecule has 0 saturated carbocycles. The maximum Gasteiger partial charge on any atom is 0.236 e. The number of ether oxygens (including phenoxy) is 1. The van der Waals surface area contributed by atoms with Crippen LogP contribution in [0.25, 0.3) is 0 Å². The van der Waals surface area contributed by atoms with E-state index < -0.39 is 0 Å². The molecule has 10 heteroatoms. The van der Waals surface area contributed by atoms with Gasteiger partial charge in [0.15, 0.2) is 11.8 Å². The van der Waals surface area contributed by atoms with Crippen LogP contribution in [0.1, 0.15) is 37.8 Å². The van der Waals surface area contributed by atoms with Crippen molar-refractivity contribution in [2.75, 3.05) is 65.6 Å². The summed E-state index contributed by atoms with van der Waals surface area (Å²) >= 11 is 0. The van der Waals surface area contributed by atoms with E-state index in [9.17, 15) is 4.79 Å². The van der Waals surface area contributed by atoms with Crippen molar-refractivity contribution in [1.82, 2.24) is 34.8 Å². The normalized spacial score (nSPS) is 18.1. The van der Waals surface area contributed by atoms with Crippen LogP contribution in [0.15, 0.2) is 4.99 Å². The number of guanidine groups is 1. The second kappa shape index (κ2) is 12.0. The monoisotopic (exact) mass is 434 g/mol. The summed E-state index contributed by atoms with van der Waals surface area (Å²) in [7, 11) is 1.96. The average molecular weight is 435 g/mol. The predicted octanol–water partition coefficient (Wildman–Crippen LogP) is 0.236. The molecule has 2 aliphatic rings. The summed E-state index contributed by atoms with van der Waals surface area (Å²) in [5, 5.41) is 11.8. The lowest BCUT2D eigenvalue weighted by atomic mass is 10.3. The van der Waals surface area contributed by atoms with E-state index in [0.717, 1.165) is 95.9 Å². The summed E-state index contributed by atoms with van der Waals surface area (Å²) in [6, 6.07) is 0. The Kier molecular flexibility index (Phi) is 9.08. The molecule has 0 bridgehead atoms. The van der Waals surface area contributed by atoms with Crippen molar-refractivity contribution in [2.24, 2.45) is 12.0 Å². The lowest BCUT2D eigenvalue weighted by molar-refractivity contribution is -0.131. The SMILES string of the molecule is CCOCCCNC(=NCc1nnc(C)n1C)N1CCN(CC(=O)N2CCCC2)CC1. The van der Waals surface area contributed by atoms with Crippen molar-refractivity contribution in [3.63, 3.8) is 0 Å². The van der Waals surface area contributed by atoms with Crippen molar-refractivity contribution >= 4 is 11.9 Å². The van der Waals surface area contributed by atoms with Gasteiger partial charge < -0.3 is 24.4 Å². The molecule has 31 heavy (non-hydrogen) atoms. The molecule has 2 saturated heterocycles. The Morgan fingerprint density at radius 2 is 1.84 bits per heavy atom. The zero-order valence-corrected chi connectivity index (χ0v) is 19.3. The number of hydrogen-bond acceptors (Lipinski definition) is 6. The van der Waals surface area contributed by atoms with Gasteiger partial charge in [-0.15, -0.1) is 10.2 Å².